The molecule has 0 aliphatic rings. The molecule has 0 saturated carbocycles. The number of halogens is 1. The smallest absolute Gasteiger partial charge is 0.305 e. The summed E-state index contributed by atoms with van der Waals surface area (Å²) in [6.07, 6.45) is 1.29. The second kappa shape index (κ2) is 14.7. The Bertz CT molecular complexity index is 984. The maximum atomic E-state index is 13.1. The summed E-state index contributed by atoms with van der Waals surface area (Å²) in [5.41, 5.74) is 3.38. The van der Waals surface area contributed by atoms with Crippen LogP contribution in [-0.4, -0.2) is 46.6 Å². The van der Waals surface area contributed by atoms with E-state index < -0.39 is 35.7 Å². The lowest BCUT2D eigenvalue weighted by Gasteiger charge is -2.22. The standard InChI is InChI=1S/C25H30ClN3O6/c26-20-11-9-17(10-12-20)7-4-8-19(16-22(30)29-35)24(33)28-21(15-18-5-2-1-3-6-18)25(34)27-14-13-23(31)32/h1-3,5-6,9-12,19,21,35H,4,7-8,13-16H2,(H,27,34)(H,28,33)(H,29,30)(H,31,32)/t19-,21+/m1/s1. The summed E-state index contributed by atoms with van der Waals surface area (Å²) >= 11 is 5.91. The van der Waals surface area contributed by atoms with Crippen LogP contribution < -0.4 is 16.1 Å². The first-order valence-electron chi connectivity index (χ1n) is 11.3. The molecule has 188 valence electrons. The number of hydrogen-bond acceptors (Lipinski definition) is 5. The summed E-state index contributed by atoms with van der Waals surface area (Å²) in [7, 11) is 0. The van der Waals surface area contributed by atoms with Gasteiger partial charge >= 0.3 is 5.97 Å². The van der Waals surface area contributed by atoms with Crippen LogP contribution in [-0.2, 0) is 32.0 Å². The van der Waals surface area contributed by atoms with E-state index in [9.17, 15) is 19.2 Å². The fourth-order valence-electron chi connectivity index (χ4n) is 3.56. The van der Waals surface area contributed by atoms with Crippen LogP contribution in [0.5, 0.6) is 0 Å². The summed E-state index contributed by atoms with van der Waals surface area (Å²) < 4.78 is 0. The Balaban J connectivity index is 2.07. The minimum Gasteiger partial charge on any atom is -0.481 e. The lowest BCUT2D eigenvalue weighted by Crippen LogP contribution is -2.50. The number of aryl methyl sites for hydroxylation is 1. The van der Waals surface area contributed by atoms with Gasteiger partial charge in [0.15, 0.2) is 0 Å². The third-order valence-corrected chi connectivity index (χ3v) is 5.66. The van der Waals surface area contributed by atoms with Crippen LogP contribution in [0.1, 0.15) is 36.8 Å². The molecule has 0 spiro atoms. The van der Waals surface area contributed by atoms with Gasteiger partial charge in [0.1, 0.15) is 6.04 Å². The van der Waals surface area contributed by atoms with E-state index in [1.165, 1.54) is 0 Å². The number of aliphatic carboxylic acids is 1. The maximum Gasteiger partial charge on any atom is 0.305 e. The Hall–Kier alpha value is -3.43. The first kappa shape index (κ1) is 27.8. The minimum absolute atomic E-state index is 0.0766. The Morgan fingerprint density at radius 3 is 2.23 bits per heavy atom. The van der Waals surface area contributed by atoms with E-state index in [2.05, 4.69) is 10.6 Å². The fraction of sp³-hybridized carbons (Fsp3) is 0.360. The molecule has 3 amide bonds. The zero-order valence-electron chi connectivity index (χ0n) is 19.2. The Labute approximate surface area is 208 Å². The van der Waals surface area contributed by atoms with Gasteiger partial charge in [-0.05, 0) is 42.5 Å². The van der Waals surface area contributed by atoms with Gasteiger partial charge < -0.3 is 15.7 Å². The Morgan fingerprint density at radius 1 is 0.914 bits per heavy atom. The van der Waals surface area contributed by atoms with Gasteiger partial charge in [0.2, 0.25) is 17.7 Å². The molecular weight excluding hydrogens is 474 g/mol. The number of hydrogen-bond donors (Lipinski definition) is 5. The molecule has 0 bridgehead atoms. The van der Waals surface area contributed by atoms with Crippen LogP contribution in [0.4, 0.5) is 0 Å². The molecule has 35 heavy (non-hydrogen) atoms. The highest BCUT2D eigenvalue weighted by atomic mass is 35.5. The number of benzene rings is 2. The zero-order chi connectivity index (χ0) is 25.6. The van der Waals surface area contributed by atoms with Gasteiger partial charge in [0.05, 0.1) is 6.42 Å². The van der Waals surface area contributed by atoms with Gasteiger partial charge in [-0.15, -0.1) is 0 Å². The summed E-state index contributed by atoms with van der Waals surface area (Å²) in [5, 5.41) is 23.6. The van der Waals surface area contributed by atoms with Gasteiger partial charge in [-0.1, -0.05) is 54.1 Å². The predicted octanol–water partition coefficient (Wildman–Crippen LogP) is 2.49. The van der Waals surface area contributed by atoms with Crippen LogP contribution in [0.25, 0.3) is 0 Å². The number of carbonyl (C=O) groups is 4. The lowest BCUT2D eigenvalue weighted by atomic mass is 9.94. The number of carboxylic acids is 1. The second-order valence-electron chi connectivity index (χ2n) is 8.14. The Morgan fingerprint density at radius 2 is 1.60 bits per heavy atom. The van der Waals surface area contributed by atoms with Crippen molar-refractivity contribution in [1.82, 2.24) is 16.1 Å². The van der Waals surface area contributed by atoms with E-state index in [-0.39, 0.29) is 25.8 Å². The second-order valence-corrected chi connectivity index (χ2v) is 8.58. The third-order valence-electron chi connectivity index (χ3n) is 5.41. The predicted molar refractivity (Wildman–Crippen MR) is 130 cm³/mol. The van der Waals surface area contributed by atoms with Crippen molar-refractivity contribution in [1.29, 1.82) is 0 Å². The number of hydroxylamine groups is 1. The van der Waals surface area contributed by atoms with Crippen molar-refractivity contribution >= 4 is 35.3 Å². The van der Waals surface area contributed by atoms with Crippen molar-refractivity contribution in [3.05, 3.63) is 70.7 Å². The van der Waals surface area contributed by atoms with Gasteiger partial charge in [-0.25, -0.2) is 5.48 Å². The van der Waals surface area contributed by atoms with E-state index in [4.69, 9.17) is 21.9 Å². The number of carboxylic acid groups (broad SMARTS) is 1. The molecule has 0 aromatic heterocycles. The normalized spacial score (nSPS) is 12.3. The molecule has 0 radical (unpaired) electrons. The van der Waals surface area contributed by atoms with Crippen molar-refractivity contribution in [3.8, 4) is 0 Å². The van der Waals surface area contributed by atoms with Crippen molar-refractivity contribution in [2.24, 2.45) is 5.92 Å². The van der Waals surface area contributed by atoms with Gasteiger partial charge in [-0.2, -0.15) is 0 Å². The van der Waals surface area contributed by atoms with Crippen molar-refractivity contribution in [2.75, 3.05) is 6.54 Å². The van der Waals surface area contributed by atoms with Crippen LogP contribution >= 0.6 is 11.6 Å². The third kappa shape index (κ3) is 10.6. The summed E-state index contributed by atoms with van der Waals surface area (Å²) in [6, 6.07) is 15.4. The maximum absolute atomic E-state index is 13.1. The first-order chi connectivity index (χ1) is 16.8. The summed E-state index contributed by atoms with van der Waals surface area (Å²) in [5.74, 6) is -3.56. The molecule has 2 rings (SSSR count). The molecule has 2 aromatic carbocycles. The molecule has 0 aliphatic carbocycles. The molecule has 5 N–H and O–H groups in total. The average Bonchev–Trinajstić information content (AvgIpc) is 2.84. The van der Waals surface area contributed by atoms with Gasteiger partial charge in [0.25, 0.3) is 0 Å². The van der Waals surface area contributed by atoms with E-state index in [0.29, 0.717) is 24.3 Å². The van der Waals surface area contributed by atoms with Crippen LogP contribution in [0.2, 0.25) is 5.02 Å². The van der Waals surface area contributed by atoms with E-state index in [1.54, 1.807) is 17.6 Å². The van der Waals surface area contributed by atoms with E-state index in [1.807, 2.05) is 42.5 Å². The largest absolute Gasteiger partial charge is 0.481 e. The highest BCUT2D eigenvalue weighted by Gasteiger charge is 2.27. The van der Waals surface area contributed by atoms with Crippen molar-refractivity contribution in [2.45, 2.75) is 44.6 Å². The number of rotatable bonds is 14. The SMILES string of the molecule is O=C(O)CCNC(=O)[C@H](Cc1ccccc1)NC(=O)[C@H](CCCc1ccc(Cl)cc1)CC(=O)NO. The van der Waals surface area contributed by atoms with Crippen LogP contribution in [0.3, 0.4) is 0 Å². The van der Waals surface area contributed by atoms with Crippen molar-refractivity contribution < 1.29 is 29.5 Å². The molecule has 0 fully saturated rings. The minimum atomic E-state index is -1.05. The van der Waals surface area contributed by atoms with E-state index in [0.717, 1.165) is 11.1 Å². The monoisotopic (exact) mass is 503 g/mol. The van der Waals surface area contributed by atoms with Crippen molar-refractivity contribution in [3.63, 3.8) is 0 Å². The van der Waals surface area contributed by atoms with E-state index >= 15 is 0 Å². The number of carbonyl (C=O) groups excluding carboxylic acids is 3. The molecule has 0 saturated heterocycles. The molecule has 10 heteroatoms. The highest BCUT2D eigenvalue weighted by molar-refractivity contribution is 6.30. The van der Waals surface area contributed by atoms with Crippen LogP contribution in [0, 0.1) is 5.92 Å². The molecule has 0 unspecified atom stereocenters. The topological polar surface area (TPSA) is 145 Å². The van der Waals surface area contributed by atoms with Gasteiger partial charge in [-0.3, -0.25) is 24.4 Å². The molecule has 0 heterocycles. The van der Waals surface area contributed by atoms with Gasteiger partial charge in [0, 0.05) is 30.3 Å². The molecule has 2 atom stereocenters. The number of amides is 3. The summed E-state index contributed by atoms with van der Waals surface area (Å²) in [4.78, 5) is 48.4. The molecular formula is C25H30ClN3O6. The molecule has 0 aliphatic heterocycles. The lowest BCUT2D eigenvalue weighted by molar-refractivity contribution is -0.137. The quantitative estimate of drug-likeness (QED) is 0.198. The first-order valence-corrected chi connectivity index (χ1v) is 11.7. The fourth-order valence-corrected chi connectivity index (χ4v) is 3.69. The summed E-state index contributed by atoms with van der Waals surface area (Å²) in [6.45, 7) is -0.0766. The average molecular weight is 504 g/mol. The zero-order valence-corrected chi connectivity index (χ0v) is 20.0. The van der Waals surface area contributed by atoms with Crippen LogP contribution in [0.15, 0.2) is 54.6 Å². The Kier molecular flexibility index (Phi) is 11.7. The molecule has 9 nitrogen and oxygen atoms in total. The highest BCUT2D eigenvalue weighted by Crippen LogP contribution is 2.17. The number of nitrogens with one attached hydrogen (secondary N) is 3. The molecule has 2 aromatic rings.